The van der Waals surface area contributed by atoms with Gasteiger partial charge in [0.05, 0.1) is 18.5 Å². The average Bonchev–Trinajstić information content (AvgIpc) is 3.56. The summed E-state index contributed by atoms with van der Waals surface area (Å²) in [4.78, 5) is 27.1. The van der Waals surface area contributed by atoms with Crippen LogP contribution in [0.2, 0.25) is 51.4 Å². The highest BCUT2D eigenvalue weighted by Gasteiger charge is 2.45. The number of hydrogen-bond acceptors (Lipinski definition) is 9. The average molecular weight is 711 g/mol. The normalized spacial score (nSPS) is 19.9. The Kier molecular flexibility index (Phi) is 11.6. The van der Waals surface area contributed by atoms with Gasteiger partial charge < -0.3 is 29.1 Å². The minimum atomic E-state index is -1.27. The molecule has 270 valence electrons. The van der Waals surface area contributed by atoms with Gasteiger partial charge in [-0.15, -0.1) is 0 Å². The summed E-state index contributed by atoms with van der Waals surface area (Å²) in [5, 5.41) is 14.4. The predicted molar refractivity (Wildman–Crippen MR) is 199 cm³/mol. The smallest absolute Gasteiger partial charge is 0.410 e. The number of carbonyl (C=O) groups excluding carboxylic acids is 1. The van der Waals surface area contributed by atoms with Crippen LogP contribution in [0.1, 0.15) is 63.8 Å². The number of aliphatic hydroxyl groups excluding tert-OH is 1. The molecule has 0 aromatic carbocycles. The Balaban J connectivity index is 1.51. The second-order valence-electron chi connectivity index (χ2n) is 17.2. The van der Waals surface area contributed by atoms with Crippen molar-refractivity contribution < 1.29 is 24.1 Å². The SMILES string of the molecule is CC(C)(C)OC(=O)N1C2CCC1CC(c1cc(N(COCC[Si](C)(C)C)COCC[Si](C)(C)C)n3ncc(-c4ccc(CO)nc4)c3n1)C2. The molecule has 5 rings (SSSR count). The maximum atomic E-state index is 13.2. The first-order valence-electron chi connectivity index (χ1n) is 17.9. The summed E-state index contributed by atoms with van der Waals surface area (Å²) in [5.41, 5.74) is 3.55. The van der Waals surface area contributed by atoms with Gasteiger partial charge in [-0.05, 0) is 64.6 Å². The van der Waals surface area contributed by atoms with Crippen molar-refractivity contribution in [3.63, 3.8) is 0 Å². The summed E-state index contributed by atoms with van der Waals surface area (Å²) in [6, 6.07) is 8.34. The number of pyridine rings is 1. The zero-order chi connectivity index (χ0) is 35.6. The Morgan fingerprint density at radius 3 is 2.08 bits per heavy atom. The van der Waals surface area contributed by atoms with Crippen molar-refractivity contribution in [1.82, 2.24) is 24.5 Å². The van der Waals surface area contributed by atoms with Crippen molar-refractivity contribution in [2.24, 2.45) is 0 Å². The largest absolute Gasteiger partial charge is 0.444 e. The molecule has 13 heteroatoms. The van der Waals surface area contributed by atoms with Crippen LogP contribution in [0, 0.1) is 0 Å². The fourth-order valence-electron chi connectivity index (χ4n) is 6.59. The molecule has 0 spiro atoms. The predicted octanol–water partition coefficient (Wildman–Crippen LogP) is 7.36. The molecule has 5 heterocycles. The Morgan fingerprint density at radius 2 is 1.57 bits per heavy atom. The van der Waals surface area contributed by atoms with E-state index in [-0.39, 0.29) is 30.7 Å². The quantitative estimate of drug-likeness (QED) is 0.104. The van der Waals surface area contributed by atoms with Gasteiger partial charge in [-0.25, -0.2) is 9.78 Å². The Morgan fingerprint density at radius 1 is 0.959 bits per heavy atom. The maximum absolute atomic E-state index is 13.2. The Hall–Kier alpha value is -2.85. The summed E-state index contributed by atoms with van der Waals surface area (Å²) < 4.78 is 20.4. The summed E-state index contributed by atoms with van der Waals surface area (Å²) in [6.07, 6.45) is 7.00. The van der Waals surface area contributed by atoms with E-state index < -0.39 is 21.7 Å². The molecule has 2 unspecified atom stereocenters. The van der Waals surface area contributed by atoms with Gasteiger partial charge in [0.15, 0.2) is 5.65 Å². The van der Waals surface area contributed by atoms with Gasteiger partial charge in [0.25, 0.3) is 0 Å². The highest BCUT2D eigenvalue weighted by molar-refractivity contribution is 6.76. The molecule has 2 aliphatic rings. The summed E-state index contributed by atoms with van der Waals surface area (Å²) in [5.74, 6) is 1.04. The molecule has 0 radical (unpaired) electrons. The van der Waals surface area contributed by atoms with Gasteiger partial charge in [0.1, 0.15) is 24.9 Å². The third kappa shape index (κ3) is 9.90. The molecule has 3 aromatic heterocycles. The van der Waals surface area contributed by atoms with Crippen LogP contribution in [0.4, 0.5) is 10.6 Å². The van der Waals surface area contributed by atoms with Gasteiger partial charge in [-0.3, -0.25) is 4.98 Å². The van der Waals surface area contributed by atoms with Crippen LogP contribution in [-0.4, -0.2) is 96.2 Å². The van der Waals surface area contributed by atoms with Crippen LogP contribution in [-0.2, 0) is 20.8 Å². The first-order valence-corrected chi connectivity index (χ1v) is 25.3. The first kappa shape index (κ1) is 37.4. The summed E-state index contributed by atoms with van der Waals surface area (Å²) >= 11 is 0. The molecule has 2 fully saturated rings. The number of ether oxygens (including phenoxy) is 3. The summed E-state index contributed by atoms with van der Waals surface area (Å²) in [7, 11) is -2.54. The summed E-state index contributed by atoms with van der Waals surface area (Å²) in [6.45, 7) is 22.0. The van der Waals surface area contributed by atoms with Crippen LogP contribution < -0.4 is 4.90 Å². The minimum absolute atomic E-state index is 0.115. The monoisotopic (exact) mass is 710 g/mol. The van der Waals surface area contributed by atoms with E-state index in [1.807, 2.05) is 48.5 Å². The van der Waals surface area contributed by atoms with E-state index in [1.54, 1.807) is 6.20 Å². The maximum Gasteiger partial charge on any atom is 0.410 e. The molecule has 2 saturated heterocycles. The molecule has 2 bridgehead atoms. The highest BCUT2D eigenvalue weighted by Crippen LogP contribution is 2.44. The Labute approximate surface area is 294 Å². The lowest BCUT2D eigenvalue weighted by atomic mass is 9.88. The lowest BCUT2D eigenvalue weighted by Crippen LogP contribution is -2.48. The van der Waals surface area contributed by atoms with Crippen molar-refractivity contribution in [3.8, 4) is 11.1 Å². The second-order valence-corrected chi connectivity index (χ2v) is 28.4. The van der Waals surface area contributed by atoms with Gasteiger partial charge in [0.2, 0.25) is 0 Å². The molecular weight excluding hydrogens is 653 g/mol. The topological polar surface area (TPSA) is 115 Å². The van der Waals surface area contributed by atoms with E-state index in [9.17, 15) is 9.90 Å². The third-order valence-corrected chi connectivity index (χ3v) is 12.7. The fraction of sp³-hybridized carbons (Fsp3) is 0.667. The number of piperidine rings is 1. The van der Waals surface area contributed by atoms with Crippen LogP contribution >= 0.6 is 0 Å². The van der Waals surface area contributed by atoms with Crippen LogP contribution in [0.25, 0.3) is 16.8 Å². The minimum Gasteiger partial charge on any atom is -0.444 e. The lowest BCUT2D eigenvalue weighted by molar-refractivity contribution is 0.00569. The van der Waals surface area contributed by atoms with E-state index in [4.69, 9.17) is 24.3 Å². The Bertz CT molecular complexity index is 1530. The highest BCUT2D eigenvalue weighted by atomic mass is 28.3. The molecule has 11 nitrogen and oxygen atoms in total. The molecule has 3 aromatic rings. The lowest BCUT2D eigenvalue weighted by Gasteiger charge is -2.39. The number of amides is 1. The molecule has 2 aliphatic heterocycles. The molecular formula is C36H58N6O5Si2. The van der Waals surface area contributed by atoms with Crippen molar-refractivity contribution in [2.75, 3.05) is 31.6 Å². The number of fused-ring (bicyclic) bond motifs is 3. The second kappa shape index (κ2) is 15.2. The van der Waals surface area contributed by atoms with Crippen LogP contribution in [0.15, 0.2) is 30.6 Å². The fourth-order valence-corrected chi connectivity index (χ4v) is 8.10. The number of aromatic nitrogens is 4. The molecule has 1 amide bonds. The first-order chi connectivity index (χ1) is 23.0. The molecule has 0 aliphatic carbocycles. The number of hydrogen-bond donors (Lipinski definition) is 1. The van der Waals surface area contributed by atoms with Crippen LogP contribution in [0.3, 0.4) is 0 Å². The number of rotatable bonds is 14. The van der Waals surface area contributed by atoms with Crippen molar-refractivity contribution in [1.29, 1.82) is 0 Å². The van der Waals surface area contributed by atoms with E-state index in [2.05, 4.69) is 55.2 Å². The molecule has 2 atom stereocenters. The number of aliphatic hydroxyl groups is 1. The number of anilines is 1. The van der Waals surface area contributed by atoms with Crippen molar-refractivity contribution in [2.45, 2.75) is 128 Å². The molecule has 49 heavy (non-hydrogen) atoms. The van der Waals surface area contributed by atoms with E-state index >= 15 is 0 Å². The van der Waals surface area contributed by atoms with Crippen LogP contribution in [0.5, 0.6) is 0 Å². The van der Waals surface area contributed by atoms with Crippen molar-refractivity contribution in [3.05, 3.63) is 42.0 Å². The molecule has 0 saturated carbocycles. The van der Waals surface area contributed by atoms with E-state index in [0.717, 1.165) is 66.1 Å². The van der Waals surface area contributed by atoms with Gasteiger partial charge in [-0.2, -0.15) is 9.61 Å². The van der Waals surface area contributed by atoms with E-state index in [0.29, 0.717) is 32.4 Å². The van der Waals surface area contributed by atoms with Gasteiger partial charge in [-0.1, -0.05) is 45.3 Å². The zero-order valence-electron chi connectivity index (χ0n) is 31.2. The standard InChI is InChI=1S/C36H58N6O5Si2/c1-36(2,3)47-35(44)41-29-12-13-30(41)19-27(18-29)32-20-33(40(24-45-14-16-48(4,5)6)25-46-15-17-49(7,8)9)42-34(39-32)31(22-38-42)26-10-11-28(23-43)37-21-26/h10-11,20-22,27,29-30,43H,12-19,23-25H2,1-9H3. The third-order valence-electron chi connectivity index (χ3n) is 9.34. The van der Waals surface area contributed by atoms with E-state index in [1.165, 1.54) is 0 Å². The van der Waals surface area contributed by atoms with Gasteiger partial charge in [0, 0.05) is 76.4 Å². The number of nitrogens with zero attached hydrogens (tertiary/aromatic N) is 6. The molecule has 1 N–H and O–H groups in total. The zero-order valence-corrected chi connectivity index (χ0v) is 33.2. The van der Waals surface area contributed by atoms with Crippen molar-refractivity contribution >= 4 is 33.7 Å². The van der Waals surface area contributed by atoms with Gasteiger partial charge >= 0.3 is 6.09 Å². The number of carbonyl (C=O) groups is 1.